The van der Waals surface area contributed by atoms with Gasteiger partial charge in [-0.25, -0.2) is 0 Å². The summed E-state index contributed by atoms with van der Waals surface area (Å²) < 4.78 is 5.78. The van der Waals surface area contributed by atoms with E-state index in [-0.39, 0.29) is 5.60 Å². The van der Waals surface area contributed by atoms with Gasteiger partial charge in [-0.1, -0.05) is 0 Å². The molecule has 0 spiro atoms. The van der Waals surface area contributed by atoms with Crippen LogP contribution in [-0.4, -0.2) is 42.8 Å². The second-order valence-corrected chi connectivity index (χ2v) is 5.72. The second kappa shape index (κ2) is 6.58. The van der Waals surface area contributed by atoms with Crippen molar-refractivity contribution < 1.29 is 4.74 Å². The molecule has 2 N–H and O–H groups in total. The van der Waals surface area contributed by atoms with Crippen molar-refractivity contribution in [2.24, 2.45) is 5.73 Å². The normalized spacial score (nSPS) is 22.9. The van der Waals surface area contributed by atoms with E-state index in [4.69, 9.17) is 10.5 Å². The van der Waals surface area contributed by atoms with E-state index in [9.17, 15) is 0 Å². The van der Waals surface area contributed by atoms with Crippen LogP contribution in [-0.2, 0) is 4.74 Å². The summed E-state index contributed by atoms with van der Waals surface area (Å²) in [5.41, 5.74) is 5.56. The molecule has 3 heteroatoms. The molecule has 0 aromatic heterocycles. The first-order valence-corrected chi connectivity index (χ1v) is 6.61. The first kappa shape index (κ1) is 13.9. The molecule has 0 amide bonds. The van der Waals surface area contributed by atoms with Crippen molar-refractivity contribution in [1.82, 2.24) is 4.90 Å². The Morgan fingerprint density at radius 1 is 1.38 bits per heavy atom. The van der Waals surface area contributed by atoms with Crippen molar-refractivity contribution in [2.45, 2.75) is 58.1 Å². The second-order valence-electron chi connectivity index (χ2n) is 5.72. The molecule has 0 aromatic rings. The van der Waals surface area contributed by atoms with E-state index in [0.717, 1.165) is 32.2 Å². The number of nitrogens with two attached hydrogens (primary N) is 1. The first-order valence-electron chi connectivity index (χ1n) is 6.61. The highest BCUT2D eigenvalue weighted by Gasteiger charge is 2.23. The quantitative estimate of drug-likeness (QED) is 0.756. The van der Waals surface area contributed by atoms with E-state index in [2.05, 4.69) is 25.7 Å². The van der Waals surface area contributed by atoms with Gasteiger partial charge in [0, 0.05) is 12.6 Å². The fourth-order valence-electron chi connectivity index (χ4n) is 2.34. The molecule has 0 bridgehead atoms. The first-order chi connectivity index (χ1) is 7.53. The minimum Gasteiger partial charge on any atom is -0.375 e. The summed E-state index contributed by atoms with van der Waals surface area (Å²) in [6.07, 6.45) is 5.09. The Morgan fingerprint density at radius 2 is 2.12 bits per heavy atom. The fraction of sp³-hybridized carbons (Fsp3) is 1.00. The average Bonchev–Trinajstić information content (AvgIpc) is 2.60. The lowest BCUT2D eigenvalue weighted by molar-refractivity contribution is -0.0146. The van der Waals surface area contributed by atoms with E-state index < -0.39 is 0 Å². The Kier molecular flexibility index (Phi) is 5.73. The largest absolute Gasteiger partial charge is 0.375 e. The minimum absolute atomic E-state index is 0.00746. The molecule has 1 saturated heterocycles. The van der Waals surface area contributed by atoms with Crippen LogP contribution in [0, 0.1) is 0 Å². The number of likely N-dealkylation sites (tertiary alicyclic amines) is 1. The van der Waals surface area contributed by atoms with Gasteiger partial charge in [0.1, 0.15) is 0 Å². The summed E-state index contributed by atoms with van der Waals surface area (Å²) in [4.78, 5) is 2.57. The molecular weight excluding hydrogens is 200 g/mol. The lowest BCUT2D eigenvalue weighted by Gasteiger charge is -2.26. The van der Waals surface area contributed by atoms with Crippen LogP contribution < -0.4 is 5.73 Å². The topological polar surface area (TPSA) is 38.5 Å². The number of nitrogens with zero attached hydrogens (tertiary/aromatic N) is 1. The third kappa shape index (κ3) is 5.28. The van der Waals surface area contributed by atoms with Crippen LogP contribution in [0.15, 0.2) is 0 Å². The van der Waals surface area contributed by atoms with Crippen LogP contribution in [0.5, 0.6) is 0 Å². The Balaban J connectivity index is 2.19. The molecule has 0 aliphatic carbocycles. The van der Waals surface area contributed by atoms with Crippen LogP contribution in [0.2, 0.25) is 0 Å². The van der Waals surface area contributed by atoms with Crippen LogP contribution in [0.4, 0.5) is 0 Å². The van der Waals surface area contributed by atoms with Crippen molar-refractivity contribution in [3.8, 4) is 0 Å². The molecule has 96 valence electrons. The molecule has 1 unspecified atom stereocenters. The highest BCUT2D eigenvalue weighted by molar-refractivity contribution is 4.79. The van der Waals surface area contributed by atoms with E-state index >= 15 is 0 Å². The highest BCUT2D eigenvalue weighted by Crippen LogP contribution is 2.20. The van der Waals surface area contributed by atoms with Crippen LogP contribution >= 0.6 is 0 Å². The van der Waals surface area contributed by atoms with Gasteiger partial charge in [-0.15, -0.1) is 0 Å². The molecule has 0 saturated carbocycles. The number of ether oxygens (including phenoxy) is 1. The summed E-state index contributed by atoms with van der Waals surface area (Å²) in [7, 11) is 0. The van der Waals surface area contributed by atoms with Gasteiger partial charge in [0.15, 0.2) is 0 Å². The van der Waals surface area contributed by atoms with Gasteiger partial charge in [0.05, 0.1) is 12.2 Å². The Labute approximate surface area is 100 Å². The molecule has 3 nitrogen and oxygen atoms in total. The van der Waals surface area contributed by atoms with Gasteiger partial charge in [-0.2, -0.15) is 0 Å². The smallest absolute Gasteiger partial charge is 0.0600 e. The third-order valence-electron chi connectivity index (χ3n) is 3.15. The molecule has 1 fully saturated rings. The summed E-state index contributed by atoms with van der Waals surface area (Å²) >= 11 is 0. The molecule has 0 radical (unpaired) electrons. The van der Waals surface area contributed by atoms with Gasteiger partial charge < -0.3 is 10.5 Å². The van der Waals surface area contributed by atoms with Crippen molar-refractivity contribution in [3.63, 3.8) is 0 Å². The highest BCUT2D eigenvalue weighted by atomic mass is 16.5. The van der Waals surface area contributed by atoms with Crippen LogP contribution in [0.1, 0.15) is 46.5 Å². The predicted octanol–water partition coefficient (Wildman–Crippen LogP) is 2.00. The van der Waals surface area contributed by atoms with Gasteiger partial charge in [0.2, 0.25) is 0 Å². The van der Waals surface area contributed by atoms with Crippen molar-refractivity contribution >= 4 is 0 Å². The SMILES string of the molecule is CC(C)(C)OCCN1CCCC1CCCN. The summed E-state index contributed by atoms with van der Waals surface area (Å²) in [5, 5.41) is 0. The average molecular weight is 228 g/mol. The van der Waals surface area contributed by atoms with E-state index in [1.54, 1.807) is 0 Å². The molecule has 1 rings (SSSR count). The molecular formula is C13H28N2O. The minimum atomic E-state index is -0.00746. The Bertz CT molecular complexity index is 189. The zero-order valence-electron chi connectivity index (χ0n) is 11.2. The van der Waals surface area contributed by atoms with Gasteiger partial charge >= 0.3 is 0 Å². The molecule has 1 atom stereocenters. The fourth-order valence-corrected chi connectivity index (χ4v) is 2.34. The van der Waals surface area contributed by atoms with E-state index in [1.165, 1.54) is 25.8 Å². The zero-order valence-corrected chi connectivity index (χ0v) is 11.2. The van der Waals surface area contributed by atoms with Crippen molar-refractivity contribution in [2.75, 3.05) is 26.2 Å². The Morgan fingerprint density at radius 3 is 2.75 bits per heavy atom. The predicted molar refractivity (Wildman–Crippen MR) is 68.6 cm³/mol. The van der Waals surface area contributed by atoms with Crippen molar-refractivity contribution in [3.05, 3.63) is 0 Å². The number of rotatable bonds is 6. The molecule has 1 heterocycles. The van der Waals surface area contributed by atoms with Crippen LogP contribution in [0.25, 0.3) is 0 Å². The lowest BCUT2D eigenvalue weighted by Crippen LogP contribution is -2.34. The summed E-state index contributed by atoms with van der Waals surface area (Å²) in [6, 6.07) is 0.757. The maximum absolute atomic E-state index is 5.78. The van der Waals surface area contributed by atoms with E-state index in [0.29, 0.717) is 0 Å². The number of hydrogen-bond donors (Lipinski definition) is 1. The maximum atomic E-state index is 5.78. The standard InChI is InChI=1S/C13H28N2O/c1-13(2,3)16-11-10-15-9-5-7-12(15)6-4-8-14/h12H,4-11,14H2,1-3H3. The van der Waals surface area contributed by atoms with Gasteiger partial charge in [-0.3, -0.25) is 4.90 Å². The molecule has 16 heavy (non-hydrogen) atoms. The summed E-state index contributed by atoms with van der Waals surface area (Å²) in [6.45, 7) is 10.3. The molecule has 1 aliphatic heterocycles. The van der Waals surface area contributed by atoms with E-state index in [1.807, 2.05) is 0 Å². The molecule has 1 aliphatic rings. The maximum Gasteiger partial charge on any atom is 0.0600 e. The zero-order chi connectivity index (χ0) is 12.0. The van der Waals surface area contributed by atoms with Crippen LogP contribution in [0.3, 0.4) is 0 Å². The van der Waals surface area contributed by atoms with Gasteiger partial charge in [-0.05, 0) is 59.5 Å². The Hall–Kier alpha value is -0.120. The van der Waals surface area contributed by atoms with Gasteiger partial charge in [0.25, 0.3) is 0 Å². The van der Waals surface area contributed by atoms with Crippen molar-refractivity contribution in [1.29, 1.82) is 0 Å². The summed E-state index contributed by atoms with van der Waals surface area (Å²) in [5.74, 6) is 0. The number of hydrogen-bond acceptors (Lipinski definition) is 3. The monoisotopic (exact) mass is 228 g/mol. The lowest BCUT2D eigenvalue weighted by atomic mass is 10.1. The molecule has 0 aromatic carbocycles. The third-order valence-corrected chi connectivity index (χ3v) is 3.15.